The second-order valence-corrected chi connectivity index (χ2v) is 15.5. The Hall–Kier alpha value is -7.55. The van der Waals surface area contributed by atoms with Gasteiger partial charge in [0.05, 0.1) is 5.69 Å². The van der Waals surface area contributed by atoms with E-state index < -0.39 is 0 Å². The molecule has 2 nitrogen and oxygen atoms in total. The van der Waals surface area contributed by atoms with Crippen LogP contribution in [0.5, 0.6) is 0 Å². The summed E-state index contributed by atoms with van der Waals surface area (Å²) in [6.45, 7) is 4.24. The van der Waals surface area contributed by atoms with Gasteiger partial charge in [0, 0.05) is 23.0 Å². The van der Waals surface area contributed by atoms with Crippen molar-refractivity contribution in [1.29, 1.82) is 5.41 Å². The summed E-state index contributed by atoms with van der Waals surface area (Å²) < 4.78 is 0. The number of hydrogen-bond donors (Lipinski definition) is 1. The minimum Gasteiger partial charge on any atom is -0.310 e. The van der Waals surface area contributed by atoms with Crippen LogP contribution in [0.4, 0.5) is 11.4 Å². The van der Waals surface area contributed by atoms with Gasteiger partial charge in [0.15, 0.2) is 0 Å². The minimum absolute atomic E-state index is 0.836. The molecular weight excluding hydrogens is 713 g/mol. The number of benzene rings is 9. The predicted molar refractivity (Wildman–Crippen MR) is 252 cm³/mol. The third kappa shape index (κ3) is 5.45. The largest absolute Gasteiger partial charge is 0.310 e. The van der Waals surface area contributed by atoms with Crippen molar-refractivity contribution in [2.24, 2.45) is 0 Å². The first-order valence-corrected chi connectivity index (χ1v) is 20.4. The molecule has 2 aliphatic carbocycles. The molecule has 0 fully saturated rings. The first-order valence-electron chi connectivity index (χ1n) is 20.4. The highest BCUT2D eigenvalue weighted by molar-refractivity contribution is 6.22. The van der Waals surface area contributed by atoms with Gasteiger partial charge in [-0.25, -0.2) is 0 Å². The highest BCUT2D eigenvalue weighted by Gasteiger charge is 2.35. The zero-order chi connectivity index (χ0) is 39.5. The molecule has 9 aromatic carbocycles. The van der Waals surface area contributed by atoms with Crippen molar-refractivity contribution in [2.75, 3.05) is 4.90 Å². The van der Waals surface area contributed by atoms with Crippen LogP contribution < -0.4 is 4.90 Å². The first kappa shape index (κ1) is 34.7. The topological polar surface area (TPSA) is 27.1 Å². The van der Waals surface area contributed by atoms with Gasteiger partial charge in [-0.1, -0.05) is 170 Å². The lowest BCUT2D eigenvalue weighted by molar-refractivity contribution is 0.984. The average molecular weight is 753 g/mol. The van der Waals surface area contributed by atoms with Crippen LogP contribution in [0.1, 0.15) is 23.1 Å². The van der Waals surface area contributed by atoms with Crippen LogP contribution >= 0.6 is 0 Å². The monoisotopic (exact) mass is 752 g/mol. The van der Waals surface area contributed by atoms with E-state index in [1.165, 1.54) is 99.9 Å². The van der Waals surface area contributed by atoms with E-state index in [9.17, 15) is 0 Å². The highest BCUT2D eigenvalue weighted by Crippen LogP contribution is 2.58. The molecular formula is C57H40N2. The van der Waals surface area contributed by atoms with Gasteiger partial charge >= 0.3 is 0 Å². The molecule has 11 rings (SSSR count). The number of fused-ring (bicyclic) bond motifs is 7. The second-order valence-electron chi connectivity index (χ2n) is 15.5. The van der Waals surface area contributed by atoms with Gasteiger partial charge in [-0.2, -0.15) is 0 Å². The lowest BCUT2D eigenvalue weighted by atomic mass is 9.82. The average Bonchev–Trinajstić information content (AvgIpc) is 3.63. The molecule has 9 aromatic rings. The smallest absolute Gasteiger partial charge is 0.0546 e. The van der Waals surface area contributed by atoms with E-state index in [1.807, 2.05) is 12.2 Å². The molecule has 0 radical (unpaired) electrons. The summed E-state index contributed by atoms with van der Waals surface area (Å²) in [5.74, 6) is 0. The van der Waals surface area contributed by atoms with E-state index in [2.05, 4.69) is 193 Å². The minimum atomic E-state index is 0.836. The molecule has 0 atom stereocenters. The molecule has 0 saturated carbocycles. The number of nitrogens with one attached hydrogen (secondary N) is 1. The summed E-state index contributed by atoms with van der Waals surface area (Å²) >= 11 is 0. The Labute approximate surface area is 344 Å². The van der Waals surface area contributed by atoms with Crippen LogP contribution in [0.3, 0.4) is 0 Å². The van der Waals surface area contributed by atoms with Gasteiger partial charge in [0.2, 0.25) is 0 Å². The van der Waals surface area contributed by atoms with Crippen molar-refractivity contribution >= 4 is 55.5 Å². The van der Waals surface area contributed by atoms with Crippen molar-refractivity contribution in [3.63, 3.8) is 0 Å². The number of rotatable bonds is 8. The fraction of sp³-hybridized carbons (Fsp3) is 0.0351. The van der Waals surface area contributed by atoms with Crippen molar-refractivity contribution in [1.82, 2.24) is 0 Å². The third-order valence-electron chi connectivity index (χ3n) is 12.3. The summed E-state index contributed by atoms with van der Waals surface area (Å²) in [5.41, 5.74) is 18.5. The standard InChI is InChI=1S/C57H40N2/c1-2-41(33-34-58)59(52-36-40-21-9-10-24-43(40)45-25-11-12-26-46(45)52)42-23-15-22-39(35-42)44-31-32-51-55-47(44)29-16-30-50(55)56-53(37-17-5-3-6-18-37)48-27-13-14-28-49(48)54(57(51)56)38-19-7-4-8-20-38/h2-15,17-28,30-36,58H,1,16,29H2/b41-33+,58-34?. The van der Waals surface area contributed by atoms with Crippen LogP contribution in [-0.4, -0.2) is 6.21 Å². The fourth-order valence-corrected chi connectivity index (χ4v) is 9.95. The summed E-state index contributed by atoms with van der Waals surface area (Å²) in [6, 6.07) is 64.1. The van der Waals surface area contributed by atoms with Crippen LogP contribution in [0.25, 0.3) is 82.4 Å². The second kappa shape index (κ2) is 14.1. The van der Waals surface area contributed by atoms with Crippen molar-refractivity contribution in [3.8, 4) is 44.5 Å². The number of nitrogens with zero attached hydrogens (tertiary/aromatic N) is 1. The van der Waals surface area contributed by atoms with Gasteiger partial charge in [-0.15, -0.1) is 0 Å². The molecule has 2 aliphatic rings. The number of anilines is 2. The SMILES string of the molecule is C=C/C(=C\C=N)N(c1cccc(-c2ccc3c4c2CCC=C4c2c-3c(-c3ccccc3)c3ccccc3c2-c2ccccc2)c1)c1cc2ccccc2c2ccccc12. The van der Waals surface area contributed by atoms with Gasteiger partial charge in [0.25, 0.3) is 0 Å². The Morgan fingerprint density at radius 1 is 0.508 bits per heavy atom. The van der Waals surface area contributed by atoms with E-state index in [0.717, 1.165) is 35.3 Å². The Morgan fingerprint density at radius 2 is 1.10 bits per heavy atom. The van der Waals surface area contributed by atoms with Gasteiger partial charge in [0.1, 0.15) is 0 Å². The summed E-state index contributed by atoms with van der Waals surface area (Å²) in [6.07, 6.45) is 9.47. The Bertz CT molecular complexity index is 3240. The molecule has 0 amide bonds. The molecule has 278 valence electrons. The highest BCUT2D eigenvalue weighted by atomic mass is 15.1. The molecule has 59 heavy (non-hydrogen) atoms. The maximum atomic E-state index is 8.14. The van der Waals surface area contributed by atoms with E-state index in [1.54, 1.807) is 0 Å². The van der Waals surface area contributed by atoms with Crippen molar-refractivity contribution in [2.45, 2.75) is 12.8 Å². The Balaban J connectivity index is 1.14. The molecule has 0 saturated heterocycles. The normalized spacial score (nSPS) is 12.9. The van der Waals surface area contributed by atoms with E-state index in [0.29, 0.717) is 0 Å². The maximum absolute atomic E-state index is 8.14. The predicted octanol–water partition coefficient (Wildman–Crippen LogP) is 15.4. The quantitative estimate of drug-likeness (QED) is 0.0934. The van der Waals surface area contributed by atoms with Gasteiger partial charge in [-0.05, 0) is 137 Å². The molecule has 0 spiro atoms. The van der Waals surface area contributed by atoms with Crippen molar-refractivity contribution < 1.29 is 0 Å². The zero-order valence-electron chi connectivity index (χ0n) is 32.6. The van der Waals surface area contributed by atoms with Gasteiger partial charge in [-0.3, -0.25) is 0 Å². The molecule has 0 heterocycles. The molecule has 0 bridgehead atoms. The van der Waals surface area contributed by atoms with Crippen LogP contribution in [0.15, 0.2) is 206 Å². The Kier molecular flexibility index (Phi) is 8.30. The zero-order valence-corrected chi connectivity index (χ0v) is 32.6. The van der Waals surface area contributed by atoms with E-state index >= 15 is 0 Å². The van der Waals surface area contributed by atoms with Crippen LogP contribution in [-0.2, 0) is 6.42 Å². The van der Waals surface area contributed by atoms with Crippen molar-refractivity contribution in [3.05, 3.63) is 223 Å². The van der Waals surface area contributed by atoms with E-state index in [4.69, 9.17) is 5.41 Å². The molecule has 0 unspecified atom stereocenters. The summed E-state index contributed by atoms with van der Waals surface area (Å²) in [5, 5.41) is 15.4. The fourth-order valence-electron chi connectivity index (χ4n) is 9.95. The molecule has 0 aliphatic heterocycles. The molecule has 0 aromatic heterocycles. The van der Waals surface area contributed by atoms with Crippen LogP contribution in [0, 0.1) is 5.41 Å². The first-order chi connectivity index (χ1) is 29.2. The van der Waals surface area contributed by atoms with Crippen LogP contribution in [0.2, 0.25) is 0 Å². The lowest BCUT2D eigenvalue weighted by Crippen LogP contribution is -2.16. The molecule has 2 heteroatoms. The number of hydrogen-bond acceptors (Lipinski definition) is 2. The van der Waals surface area contributed by atoms with E-state index in [-0.39, 0.29) is 0 Å². The summed E-state index contributed by atoms with van der Waals surface area (Å²) in [7, 11) is 0. The summed E-state index contributed by atoms with van der Waals surface area (Å²) in [4.78, 5) is 2.26. The molecule has 1 N–H and O–H groups in total. The van der Waals surface area contributed by atoms with Gasteiger partial charge < -0.3 is 10.3 Å². The third-order valence-corrected chi connectivity index (χ3v) is 12.3. The lowest BCUT2D eigenvalue weighted by Gasteiger charge is -2.29. The maximum Gasteiger partial charge on any atom is 0.0546 e. The number of allylic oxidation sites excluding steroid dienone is 3. The Morgan fingerprint density at radius 3 is 1.80 bits per heavy atom.